The number of ketones is 1. The van der Waals surface area contributed by atoms with E-state index in [0.29, 0.717) is 12.2 Å². The lowest BCUT2D eigenvalue weighted by atomic mass is 9.86. The number of hydrogen-bond donors (Lipinski definition) is 1. The molecule has 0 fully saturated rings. The summed E-state index contributed by atoms with van der Waals surface area (Å²) in [4.78, 5) is 12.2. The fraction of sp³-hybridized carbons (Fsp3) is 0.400. The van der Waals surface area contributed by atoms with Gasteiger partial charge < -0.3 is 5.32 Å². The molecule has 0 bridgehead atoms. The number of Topliss-reactive ketones (excluding diaryl/α,β-unsaturated/α-hetero) is 1. The molecule has 2 heteroatoms. The molecule has 1 aliphatic rings. The molecule has 0 radical (unpaired) electrons. The average Bonchev–Trinajstić information content (AvgIpc) is 2.38. The molecule has 0 aromatic heterocycles. The molecule has 0 saturated carbocycles. The molecule has 1 atom stereocenters. The van der Waals surface area contributed by atoms with Crippen LogP contribution in [0.4, 0.5) is 0 Å². The summed E-state index contributed by atoms with van der Waals surface area (Å²) in [6.07, 6.45) is 4.38. The third kappa shape index (κ3) is 2.83. The molecule has 1 aliphatic heterocycles. The lowest BCUT2D eigenvalue weighted by Gasteiger charge is -2.25. The van der Waals surface area contributed by atoms with Crippen molar-refractivity contribution in [1.82, 2.24) is 5.32 Å². The Morgan fingerprint density at radius 3 is 3.12 bits per heavy atom. The van der Waals surface area contributed by atoms with E-state index in [4.69, 9.17) is 0 Å². The molecule has 0 spiro atoms. The molecule has 1 heterocycles. The summed E-state index contributed by atoms with van der Waals surface area (Å²) in [6, 6.07) is 8.25. The van der Waals surface area contributed by atoms with Gasteiger partial charge in [0.25, 0.3) is 0 Å². The Hall–Kier alpha value is -1.41. The van der Waals surface area contributed by atoms with E-state index in [-0.39, 0.29) is 5.92 Å². The Balaban J connectivity index is 2.07. The Kier molecular flexibility index (Phi) is 4.10. The van der Waals surface area contributed by atoms with Crippen molar-refractivity contribution in [2.75, 3.05) is 6.54 Å². The molecule has 0 saturated heterocycles. The fourth-order valence-electron chi connectivity index (χ4n) is 2.38. The normalized spacial score (nSPS) is 18.5. The van der Waals surface area contributed by atoms with Crippen LogP contribution in [0.2, 0.25) is 0 Å². The smallest absolute Gasteiger partial charge is 0.141 e. The lowest BCUT2D eigenvalue weighted by Crippen LogP contribution is -2.32. The molecule has 1 aromatic rings. The van der Waals surface area contributed by atoms with Gasteiger partial charge in [-0.25, -0.2) is 0 Å². The molecule has 1 N–H and O–H groups in total. The number of nitrogens with one attached hydrogen (secondary N) is 1. The van der Waals surface area contributed by atoms with Gasteiger partial charge in [0.05, 0.1) is 5.92 Å². The molecule has 1 unspecified atom stereocenters. The van der Waals surface area contributed by atoms with Crippen molar-refractivity contribution in [2.24, 2.45) is 0 Å². The predicted molar refractivity (Wildman–Crippen MR) is 69.9 cm³/mol. The van der Waals surface area contributed by atoms with Crippen LogP contribution in [-0.2, 0) is 11.3 Å². The van der Waals surface area contributed by atoms with Crippen molar-refractivity contribution < 1.29 is 4.79 Å². The summed E-state index contributed by atoms with van der Waals surface area (Å²) in [6.45, 7) is 5.35. The Morgan fingerprint density at radius 1 is 1.47 bits per heavy atom. The van der Waals surface area contributed by atoms with E-state index in [2.05, 4.69) is 24.0 Å². The number of carbonyl (C=O) groups excluding carboxylic acids is 1. The summed E-state index contributed by atoms with van der Waals surface area (Å²) in [5, 5.41) is 3.32. The van der Waals surface area contributed by atoms with Crippen molar-refractivity contribution in [1.29, 1.82) is 0 Å². The van der Waals surface area contributed by atoms with Crippen LogP contribution in [-0.4, -0.2) is 12.3 Å². The number of rotatable bonds is 5. The summed E-state index contributed by atoms with van der Waals surface area (Å²) in [5.41, 5.74) is 2.48. The number of fused-ring (bicyclic) bond motifs is 1. The second kappa shape index (κ2) is 5.78. The first-order valence-corrected chi connectivity index (χ1v) is 6.25. The number of allylic oxidation sites excluding steroid dienone is 1. The highest BCUT2D eigenvalue weighted by Crippen LogP contribution is 2.25. The van der Waals surface area contributed by atoms with Gasteiger partial charge in [0, 0.05) is 19.5 Å². The molecular formula is C15H19NO. The van der Waals surface area contributed by atoms with E-state index in [1.165, 1.54) is 11.1 Å². The number of carbonyl (C=O) groups is 1. The van der Waals surface area contributed by atoms with E-state index in [1.54, 1.807) is 0 Å². The van der Waals surface area contributed by atoms with Gasteiger partial charge in [-0.1, -0.05) is 30.3 Å². The van der Waals surface area contributed by atoms with Crippen LogP contribution in [0, 0.1) is 0 Å². The fourth-order valence-corrected chi connectivity index (χ4v) is 2.38. The van der Waals surface area contributed by atoms with E-state index in [9.17, 15) is 4.79 Å². The molecule has 2 nitrogen and oxygen atoms in total. The van der Waals surface area contributed by atoms with Crippen molar-refractivity contribution in [3.05, 3.63) is 48.0 Å². The van der Waals surface area contributed by atoms with Gasteiger partial charge in [-0.15, -0.1) is 6.58 Å². The first kappa shape index (κ1) is 12.1. The number of hydrogen-bond acceptors (Lipinski definition) is 2. The second-order valence-corrected chi connectivity index (χ2v) is 4.53. The first-order valence-electron chi connectivity index (χ1n) is 6.25. The number of unbranched alkanes of at least 4 members (excludes halogenated alkanes) is 1. The van der Waals surface area contributed by atoms with Gasteiger partial charge in [0.15, 0.2) is 0 Å². The predicted octanol–water partition coefficient (Wildman–Crippen LogP) is 2.80. The zero-order chi connectivity index (χ0) is 12.1. The van der Waals surface area contributed by atoms with Gasteiger partial charge >= 0.3 is 0 Å². The SMILES string of the molecule is C=CCCCC(=O)C1CNCc2ccccc21. The Labute approximate surface area is 103 Å². The molecule has 90 valence electrons. The maximum Gasteiger partial charge on any atom is 0.141 e. The Bertz CT molecular complexity index is 411. The van der Waals surface area contributed by atoms with Crippen molar-refractivity contribution in [2.45, 2.75) is 31.7 Å². The third-order valence-corrected chi connectivity index (χ3v) is 3.31. The van der Waals surface area contributed by atoms with Gasteiger partial charge in [-0.2, -0.15) is 0 Å². The van der Waals surface area contributed by atoms with Crippen LogP contribution in [0.15, 0.2) is 36.9 Å². The highest BCUT2D eigenvalue weighted by Gasteiger charge is 2.24. The van der Waals surface area contributed by atoms with E-state index in [0.717, 1.165) is 25.9 Å². The van der Waals surface area contributed by atoms with Crippen LogP contribution in [0.1, 0.15) is 36.3 Å². The van der Waals surface area contributed by atoms with Gasteiger partial charge in [-0.05, 0) is 24.0 Å². The van der Waals surface area contributed by atoms with Gasteiger partial charge in [0.2, 0.25) is 0 Å². The zero-order valence-corrected chi connectivity index (χ0v) is 10.1. The molecule has 0 amide bonds. The maximum atomic E-state index is 12.2. The van der Waals surface area contributed by atoms with Crippen LogP contribution >= 0.6 is 0 Å². The minimum absolute atomic E-state index is 0.0461. The van der Waals surface area contributed by atoms with Crippen LogP contribution in [0.25, 0.3) is 0 Å². The minimum Gasteiger partial charge on any atom is -0.312 e. The summed E-state index contributed by atoms with van der Waals surface area (Å²) in [5.74, 6) is 0.399. The average molecular weight is 229 g/mol. The molecule has 17 heavy (non-hydrogen) atoms. The van der Waals surface area contributed by atoms with E-state index >= 15 is 0 Å². The topological polar surface area (TPSA) is 29.1 Å². The first-order chi connectivity index (χ1) is 8.33. The Morgan fingerprint density at radius 2 is 2.29 bits per heavy atom. The quantitative estimate of drug-likeness (QED) is 0.621. The van der Waals surface area contributed by atoms with Crippen molar-refractivity contribution in [3.8, 4) is 0 Å². The van der Waals surface area contributed by atoms with Gasteiger partial charge in [-0.3, -0.25) is 4.79 Å². The standard InChI is InChI=1S/C15H19NO/c1-2-3-4-9-15(17)14-11-16-10-12-7-5-6-8-13(12)14/h2,5-8,14,16H,1,3-4,9-11H2. The monoisotopic (exact) mass is 229 g/mol. The highest BCUT2D eigenvalue weighted by atomic mass is 16.1. The summed E-state index contributed by atoms with van der Waals surface area (Å²) >= 11 is 0. The molecule has 0 aliphatic carbocycles. The maximum absolute atomic E-state index is 12.2. The summed E-state index contributed by atoms with van der Waals surface area (Å²) < 4.78 is 0. The highest BCUT2D eigenvalue weighted by molar-refractivity contribution is 5.86. The molecular weight excluding hydrogens is 210 g/mol. The minimum atomic E-state index is 0.0461. The number of benzene rings is 1. The molecule has 1 aromatic carbocycles. The van der Waals surface area contributed by atoms with Crippen molar-refractivity contribution in [3.63, 3.8) is 0 Å². The second-order valence-electron chi connectivity index (χ2n) is 4.53. The summed E-state index contributed by atoms with van der Waals surface area (Å²) in [7, 11) is 0. The lowest BCUT2D eigenvalue weighted by molar-refractivity contribution is -0.120. The van der Waals surface area contributed by atoms with E-state index < -0.39 is 0 Å². The van der Waals surface area contributed by atoms with Crippen molar-refractivity contribution >= 4 is 5.78 Å². The van der Waals surface area contributed by atoms with Crippen LogP contribution < -0.4 is 5.32 Å². The van der Waals surface area contributed by atoms with Gasteiger partial charge in [0.1, 0.15) is 5.78 Å². The third-order valence-electron chi connectivity index (χ3n) is 3.31. The van der Waals surface area contributed by atoms with Crippen LogP contribution in [0.5, 0.6) is 0 Å². The largest absolute Gasteiger partial charge is 0.312 e. The zero-order valence-electron chi connectivity index (χ0n) is 10.1. The van der Waals surface area contributed by atoms with Crippen LogP contribution in [0.3, 0.4) is 0 Å². The molecule has 2 rings (SSSR count). The van der Waals surface area contributed by atoms with E-state index in [1.807, 2.05) is 18.2 Å².